The zero-order chi connectivity index (χ0) is 53.5. The van der Waals surface area contributed by atoms with Gasteiger partial charge < -0.3 is 28.8 Å². The molecule has 0 aliphatic heterocycles. The Hall–Kier alpha value is -2.32. The van der Waals surface area contributed by atoms with Gasteiger partial charge in [-0.25, -0.2) is 0 Å². The van der Waals surface area contributed by atoms with Crippen LogP contribution in [0.5, 0.6) is 0 Å². The van der Waals surface area contributed by atoms with Crippen LogP contribution in [0.15, 0.2) is 85.1 Å². The molecule has 0 aliphatic rings. The Balaban J connectivity index is 4.04. The van der Waals surface area contributed by atoms with E-state index in [-0.39, 0.29) is 12.5 Å². The lowest BCUT2D eigenvalue weighted by Gasteiger charge is -2.29. The third kappa shape index (κ3) is 57.2. The van der Waals surface area contributed by atoms with Crippen LogP contribution in [0.4, 0.5) is 0 Å². The first-order chi connectivity index (χ1) is 35.5. The number of hydrogen-bond donors (Lipinski definition) is 2. The highest BCUT2D eigenvalue weighted by Gasteiger charge is 2.23. The van der Waals surface area contributed by atoms with E-state index in [0.717, 1.165) is 70.6 Å². The van der Waals surface area contributed by atoms with E-state index in [1.165, 1.54) is 173 Å². The van der Waals surface area contributed by atoms with E-state index in [9.17, 15) is 19.4 Å². The summed E-state index contributed by atoms with van der Waals surface area (Å²) in [5, 5.41) is 13.8. The number of likely N-dealkylation sites (N-methyl/N-ethyl adjacent to an activating group) is 1. The Kier molecular flexibility index (Phi) is 52.7. The fraction of sp³-hybridized carbons (Fsp3) is 0.766. The van der Waals surface area contributed by atoms with Crippen LogP contribution >= 0.6 is 7.82 Å². The maximum atomic E-state index is 13.0. The van der Waals surface area contributed by atoms with E-state index in [0.29, 0.717) is 17.4 Å². The molecule has 8 nitrogen and oxygen atoms in total. The number of carbonyl (C=O) groups excluding carboxylic acids is 1. The lowest BCUT2D eigenvalue weighted by Crippen LogP contribution is -2.45. The molecule has 3 unspecified atom stereocenters. The van der Waals surface area contributed by atoms with E-state index in [1.54, 1.807) is 6.08 Å². The molecule has 1 amide bonds. The summed E-state index contributed by atoms with van der Waals surface area (Å²) in [5.41, 5.74) is 0. The minimum atomic E-state index is -4.61. The zero-order valence-corrected chi connectivity index (χ0v) is 49.2. The number of nitrogens with zero attached hydrogens (tertiary/aromatic N) is 1. The topological polar surface area (TPSA) is 108 Å². The van der Waals surface area contributed by atoms with Gasteiger partial charge in [-0.3, -0.25) is 9.36 Å². The molecular weight excluding hydrogens is 924 g/mol. The van der Waals surface area contributed by atoms with E-state index in [4.69, 9.17) is 9.05 Å². The fourth-order valence-corrected chi connectivity index (χ4v) is 9.31. The second kappa shape index (κ2) is 54.5. The van der Waals surface area contributed by atoms with Crippen LogP contribution in [-0.4, -0.2) is 68.5 Å². The number of nitrogens with one attached hydrogen (secondary N) is 1. The Morgan fingerprint density at radius 1 is 0.493 bits per heavy atom. The van der Waals surface area contributed by atoms with Gasteiger partial charge in [0.2, 0.25) is 5.91 Å². The van der Waals surface area contributed by atoms with Gasteiger partial charge in [-0.15, -0.1) is 0 Å². The van der Waals surface area contributed by atoms with Crippen LogP contribution in [0, 0.1) is 0 Å². The molecule has 2 N–H and O–H groups in total. The smallest absolute Gasteiger partial charge is 0.268 e. The lowest BCUT2D eigenvalue weighted by atomic mass is 10.0. The maximum absolute atomic E-state index is 13.0. The molecule has 73 heavy (non-hydrogen) atoms. The molecule has 0 radical (unpaired) electrons. The second-order valence-electron chi connectivity index (χ2n) is 21.7. The molecule has 0 saturated carbocycles. The number of hydrogen-bond acceptors (Lipinski definition) is 6. The van der Waals surface area contributed by atoms with Crippen molar-refractivity contribution in [2.24, 2.45) is 0 Å². The maximum Gasteiger partial charge on any atom is 0.268 e. The minimum Gasteiger partial charge on any atom is -0.756 e. The zero-order valence-electron chi connectivity index (χ0n) is 48.3. The highest BCUT2D eigenvalue weighted by molar-refractivity contribution is 7.45. The summed E-state index contributed by atoms with van der Waals surface area (Å²) in [4.78, 5) is 25.5. The van der Waals surface area contributed by atoms with E-state index >= 15 is 0 Å². The molecule has 0 rings (SSSR count). The number of amides is 1. The summed E-state index contributed by atoms with van der Waals surface area (Å²) in [6.45, 7) is 4.51. The average Bonchev–Trinajstić information content (AvgIpc) is 3.35. The van der Waals surface area contributed by atoms with Crippen LogP contribution in [-0.2, 0) is 18.4 Å². The summed E-state index contributed by atoms with van der Waals surface area (Å²) in [7, 11) is 1.24. The predicted octanol–water partition coefficient (Wildman–Crippen LogP) is 18.2. The van der Waals surface area contributed by atoms with E-state index in [1.807, 2.05) is 27.2 Å². The van der Waals surface area contributed by atoms with Crippen LogP contribution in [0.2, 0.25) is 0 Å². The van der Waals surface area contributed by atoms with Crippen molar-refractivity contribution in [1.82, 2.24) is 5.32 Å². The van der Waals surface area contributed by atoms with Crippen LogP contribution in [0.1, 0.15) is 264 Å². The van der Waals surface area contributed by atoms with Gasteiger partial charge in [0, 0.05) is 6.42 Å². The molecular formula is C64H117N2O6P. The van der Waals surface area contributed by atoms with Crippen LogP contribution in [0.3, 0.4) is 0 Å². The van der Waals surface area contributed by atoms with Crippen molar-refractivity contribution < 1.29 is 32.9 Å². The van der Waals surface area contributed by atoms with Crippen molar-refractivity contribution in [2.75, 3.05) is 40.9 Å². The Labute approximate surface area is 452 Å². The number of aliphatic hydroxyl groups excluding tert-OH is 1. The average molecular weight is 1040 g/mol. The summed E-state index contributed by atoms with van der Waals surface area (Å²) in [6.07, 6.45) is 76.9. The first-order valence-electron chi connectivity index (χ1n) is 30.4. The Morgan fingerprint density at radius 3 is 1.27 bits per heavy atom. The van der Waals surface area contributed by atoms with Gasteiger partial charge in [0.1, 0.15) is 13.2 Å². The molecule has 9 heteroatoms. The van der Waals surface area contributed by atoms with Crippen LogP contribution < -0.4 is 10.2 Å². The monoisotopic (exact) mass is 1040 g/mol. The van der Waals surface area contributed by atoms with Gasteiger partial charge in [-0.1, -0.05) is 259 Å². The first-order valence-corrected chi connectivity index (χ1v) is 31.9. The molecule has 0 saturated heterocycles. The van der Waals surface area contributed by atoms with Gasteiger partial charge >= 0.3 is 0 Å². The van der Waals surface area contributed by atoms with Crippen LogP contribution in [0.25, 0.3) is 0 Å². The standard InChI is InChI=1S/C64H117N2O6P/c1-6-8-10-12-14-16-18-20-22-24-25-26-27-28-29-30-31-32-33-34-35-36-37-38-39-40-41-42-44-46-48-50-52-54-56-58-64(68)65-62(61-72-73(69,70)71-60-59-66(3,4)5)63(67)57-55-53-51-49-47-45-43-23-21-19-17-15-13-11-9-7-2/h8,10,14,16,20-23,25-26,47,49,55,57,62-63,67H,6-7,9,11-13,15,17-19,24,27-46,48,50-54,56,58-61H2,1-5H3,(H-,65,68,69,70)/b10-8-,16-14-,22-20-,23-21+,26-25-,49-47+,57-55+. The third-order valence-corrected chi connectivity index (χ3v) is 14.3. The van der Waals surface area contributed by atoms with Gasteiger partial charge in [-0.2, -0.15) is 0 Å². The normalized spacial score (nSPS) is 14.5. The quantitative estimate of drug-likeness (QED) is 0.0272. The molecule has 0 aromatic heterocycles. The van der Waals surface area contributed by atoms with Gasteiger partial charge in [0.25, 0.3) is 7.82 Å². The van der Waals surface area contributed by atoms with Gasteiger partial charge in [0.05, 0.1) is 39.9 Å². The van der Waals surface area contributed by atoms with Crippen molar-refractivity contribution in [3.05, 3.63) is 85.1 Å². The molecule has 0 bridgehead atoms. The number of allylic oxidation sites excluding steroid dienone is 13. The van der Waals surface area contributed by atoms with Crippen molar-refractivity contribution in [1.29, 1.82) is 0 Å². The molecule has 3 atom stereocenters. The molecule has 0 aromatic carbocycles. The number of rotatable bonds is 55. The molecule has 0 aliphatic carbocycles. The first kappa shape index (κ1) is 70.7. The summed E-state index contributed by atoms with van der Waals surface area (Å²) >= 11 is 0. The highest BCUT2D eigenvalue weighted by Crippen LogP contribution is 2.38. The third-order valence-electron chi connectivity index (χ3n) is 13.3. The lowest BCUT2D eigenvalue weighted by molar-refractivity contribution is -0.870. The molecule has 0 fully saturated rings. The van der Waals surface area contributed by atoms with Gasteiger partial charge in [-0.05, 0) is 83.5 Å². The summed E-state index contributed by atoms with van der Waals surface area (Å²) in [6, 6.07) is -0.911. The highest BCUT2D eigenvalue weighted by atomic mass is 31.2. The number of phosphoric ester groups is 1. The van der Waals surface area contributed by atoms with E-state index in [2.05, 4.69) is 92.1 Å². The summed E-state index contributed by atoms with van der Waals surface area (Å²) in [5.74, 6) is -0.210. The Morgan fingerprint density at radius 2 is 0.849 bits per heavy atom. The largest absolute Gasteiger partial charge is 0.756 e. The number of phosphoric acid groups is 1. The van der Waals surface area contributed by atoms with Crippen molar-refractivity contribution in [3.8, 4) is 0 Å². The number of quaternary nitrogens is 1. The van der Waals surface area contributed by atoms with Crippen molar-refractivity contribution in [3.63, 3.8) is 0 Å². The SMILES string of the molecule is CC/C=C\C/C=C\C/C=C\C/C=C\CCCCCCCCCCCCCCCCCCCCCCCCC(=O)NC(COP(=O)([O-])OCC[N+](C)(C)C)C(O)/C=C/CC/C=C/CC/C=C/CCCCCCCC. The molecule has 0 aromatic rings. The number of carbonyl (C=O) groups is 1. The second-order valence-corrected chi connectivity index (χ2v) is 23.1. The van der Waals surface area contributed by atoms with Gasteiger partial charge in [0.15, 0.2) is 0 Å². The Bertz CT molecular complexity index is 1460. The molecule has 424 valence electrons. The molecule has 0 heterocycles. The van der Waals surface area contributed by atoms with Crippen molar-refractivity contribution in [2.45, 2.75) is 276 Å². The molecule has 0 spiro atoms. The number of aliphatic hydroxyl groups is 1. The predicted molar refractivity (Wildman–Crippen MR) is 316 cm³/mol. The fourth-order valence-electron chi connectivity index (χ4n) is 8.59. The summed E-state index contributed by atoms with van der Waals surface area (Å²) < 4.78 is 23.3. The van der Waals surface area contributed by atoms with Crippen molar-refractivity contribution >= 4 is 13.7 Å². The minimum absolute atomic E-state index is 0.0103. The number of unbranched alkanes of at least 4 members (excludes halogenated alkanes) is 30. The van der Waals surface area contributed by atoms with E-state index < -0.39 is 26.6 Å².